The number of hydrogen-bond acceptors (Lipinski definition) is 4. The normalized spacial score (nSPS) is 10.1. The smallest absolute Gasteiger partial charge is 0.410 e. The van der Waals surface area contributed by atoms with E-state index in [4.69, 9.17) is 4.74 Å². The summed E-state index contributed by atoms with van der Waals surface area (Å²) in [5, 5.41) is 6.53. The molecule has 3 rings (SSSR count). The standard InChI is InChI=1S/C15H12N4O2/c20-15(21-13-9-5-2-6-10-13)19(14-16-11-17-18-14)12-7-3-1-4-8-12/h1-11H,(H,16,17,18). The lowest BCUT2D eigenvalue weighted by molar-refractivity contribution is 0.210. The lowest BCUT2D eigenvalue weighted by Gasteiger charge is -2.18. The summed E-state index contributed by atoms with van der Waals surface area (Å²) in [7, 11) is 0. The van der Waals surface area contributed by atoms with Crippen LogP contribution in [0.5, 0.6) is 5.75 Å². The Balaban J connectivity index is 1.91. The molecule has 0 aliphatic carbocycles. The Labute approximate surface area is 121 Å². The van der Waals surface area contributed by atoms with E-state index >= 15 is 0 Å². The van der Waals surface area contributed by atoms with Gasteiger partial charge in [0.15, 0.2) is 0 Å². The molecule has 0 spiro atoms. The summed E-state index contributed by atoms with van der Waals surface area (Å²) in [5.74, 6) is 0.682. The second-order valence-electron chi connectivity index (χ2n) is 4.15. The molecule has 0 radical (unpaired) electrons. The fourth-order valence-corrected chi connectivity index (χ4v) is 1.82. The average Bonchev–Trinajstić information content (AvgIpc) is 3.03. The third-order valence-corrected chi connectivity index (χ3v) is 2.75. The Morgan fingerprint density at radius 3 is 2.29 bits per heavy atom. The first-order chi connectivity index (χ1) is 10.3. The molecule has 0 aliphatic rings. The number of nitrogens with one attached hydrogen (secondary N) is 1. The summed E-state index contributed by atoms with van der Waals surface area (Å²) >= 11 is 0. The number of rotatable bonds is 3. The van der Waals surface area contributed by atoms with Crippen molar-refractivity contribution < 1.29 is 9.53 Å². The minimum atomic E-state index is -0.577. The van der Waals surface area contributed by atoms with Gasteiger partial charge in [0.2, 0.25) is 0 Å². The molecule has 21 heavy (non-hydrogen) atoms. The summed E-state index contributed by atoms with van der Waals surface area (Å²) in [4.78, 5) is 17.7. The van der Waals surface area contributed by atoms with Crippen LogP contribution in [0.1, 0.15) is 0 Å². The van der Waals surface area contributed by atoms with Crippen molar-refractivity contribution in [1.82, 2.24) is 15.2 Å². The van der Waals surface area contributed by atoms with E-state index in [1.54, 1.807) is 36.4 Å². The van der Waals surface area contributed by atoms with Crippen molar-refractivity contribution in [2.45, 2.75) is 0 Å². The zero-order valence-electron chi connectivity index (χ0n) is 11.0. The molecule has 1 heterocycles. The maximum Gasteiger partial charge on any atom is 0.426 e. The molecule has 0 unspecified atom stereocenters. The molecule has 6 heteroatoms. The second-order valence-corrected chi connectivity index (χ2v) is 4.15. The fourth-order valence-electron chi connectivity index (χ4n) is 1.82. The topological polar surface area (TPSA) is 71.1 Å². The molecule has 0 bridgehead atoms. The summed E-state index contributed by atoms with van der Waals surface area (Å²) in [6.45, 7) is 0. The largest absolute Gasteiger partial charge is 0.426 e. The van der Waals surface area contributed by atoms with E-state index in [1.807, 2.05) is 24.3 Å². The lowest BCUT2D eigenvalue weighted by Crippen LogP contribution is -2.30. The number of benzene rings is 2. The zero-order valence-corrected chi connectivity index (χ0v) is 11.0. The Morgan fingerprint density at radius 2 is 1.67 bits per heavy atom. The number of carbonyl (C=O) groups excluding carboxylic acids is 1. The van der Waals surface area contributed by atoms with Crippen LogP contribution in [0.25, 0.3) is 0 Å². The number of aromatic nitrogens is 3. The van der Waals surface area contributed by atoms with Crippen LogP contribution in [0.2, 0.25) is 0 Å². The molecule has 0 fully saturated rings. The number of nitrogens with zero attached hydrogens (tertiary/aromatic N) is 3. The summed E-state index contributed by atoms with van der Waals surface area (Å²) in [5.41, 5.74) is 0.623. The first-order valence-corrected chi connectivity index (χ1v) is 6.32. The monoisotopic (exact) mass is 280 g/mol. The molecule has 1 aromatic heterocycles. The third kappa shape index (κ3) is 2.89. The van der Waals surface area contributed by atoms with Gasteiger partial charge in [-0.05, 0) is 24.3 Å². The van der Waals surface area contributed by atoms with Crippen molar-refractivity contribution in [3.63, 3.8) is 0 Å². The number of aromatic amines is 1. The average molecular weight is 280 g/mol. The van der Waals surface area contributed by atoms with E-state index in [0.717, 1.165) is 0 Å². The molecule has 0 saturated heterocycles. The maximum absolute atomic E-state index is 12.4. The van der Waals surface area contributed by atoms with Crippen molar-refractivity contribution in [3.05, 3.63) is 67.0 Å². The van der Waals surface area contributed by atoms with Crippen LogP contribution in [-0.2, 0) is 0 Å². The predicted octanol–water partition coefficient (Wildman–Crippen LogP) is 3.14. The highest BCUT2D eigenvalue weighted by Crippen LogP contribution is 2.23. The first kappa shape index (κ1) is 12.9. The van der Waals surface area contributed by atoms with Crippen molar-refractivity contribution in [2.75, 3.05) is 4.90 Å². The lowest BCUT2D eigenvalue weighted by atomic mass is 10.3. The Hall–Kier alpha value is -3.15. The molecule has 2 aromatic carbocycles. The van der Waals surface area contributed by atoms with Crippen LogP contribution in [-0.4, -0.2) is 21.3 Å². The van der Waals surface area contributed by atoms with Gasteiger partial charge in [-0.3, -0.25) is 5.10 Å². The van der Waals surface area contributed by atoms with Gasteiger partial charge in [-0.25, -0.2) is 9.69 Å². The van der Waals surface area contributed by atoms with Crippen LogP contribution in [0.4, 0.5) is 16.4 Å². The van der Waals surface area contributed by atoms with Gasteiger partial charge in [0.1, 0.15) is 12.1 Å². The molecular formula is C15H12N4O2. The molecule has 0 saturated carbocycles. The number of H-pyrrole nitrogens is 1. The van der Waals surface area contributed by atoms with E-state index in [-0.39, 0.29) is 5.95 Å². The van der Waals surface area contributed by atoms with Crippen molar-refractivity contribution >= 4 is 17.7 Å². The van der Waals surface area contributed by atoms with Crippen LogP contribution in [0, 0.1) is 0 Å². The van der Waals surface area contributed by atoms with Crippen LogP contribution in [0.3, 0.4) is 0 Å². The van der Waals surface area contributed by atoms with Crippen molar-refractivity contribution in [1.29, 1.82) is 0 Å². The van der Waals surface area contributed by atoms with Crippen LogP contribution >= 0.6 is 0 Å². The number of anilines is 2. The number of carbonyl (C=O) groups is 1. The number of amides is 1. The summed E-state index contributed by atoms with van der Waals surface area (Å²) in [6.07, 6.45) is 0.827. The molecule has 0 atom stereocenters. The van der Waals surface area contributed by atoms with E-state index in [2.05, 4.69) is 15.2 Å². The molecule has 0 aliphatic heterocycles. The highest BCUT2D eigenvalue weighted by Gasteiger charge is 2.23. The van der Waals surface area contributed by atoms with Gasteiger partial charge in [-0.1, -0.05) is 36.4 Å². The first-order valence-electron chi connectivity index (χ1n) is 6.32. The van der Waals surface area contributed by atoms with E-state index in [0.29, 0.717) is 11.4 Å². The minimum Gasteiger partial charge on any atom is -0.410 e. The minimum absolute atomic E-state index is 0.224. The fraction of sp³-hybridized carbons (Fsp3) is 0. The van der Waals surface area contributed by atoms with Crippen LogP contribution < -0.4 is 9.64 Å². The Morgan fingerprint density at radius 1 is 1.00 bits per heavy atom. The van der Waals surface area contributed by atoms with E-state index < -0.39 is 6.09 Å². The zero-order chi connectivity index (χ0) is 14.5. The van der Waals surface area contributed by atoms with Crippen molar-refractivity contribution in [3.8, 4) is 5.75 Å². The van der Waals surface area contributed by atoms with E-state index in [9.17, 15) is 4.79 Å². The van der Waals surface area contributed by atoms with Gasteiger partial charge in [-0.15, -0.1) is 5.10 Å². The number of hydrogen-bond donors (Lipinski definition) is 1. The van der Waals surface area contributed by atoms with E-state index in [1.165, 1.54) is 11.2 Å². The van der Waals surface area contributed by atoms with Gasteiger partial charge in [0.25, 0.3) is 5.95 Å². The Bertz CT molecular complexity index is 699. The van der Waals surface area contributed by atoms with Crippen molar-refractivity contribution in [2.24, 2.45) is 0 Å². The third-order valence-electron chi connectivity index (χ3n) is 2.75. The number of para-hydroxylation sites is 2. The SMILES string of the molecule is O=C(Oc1ccccc1)N(c1ccccc1)c1nc[nH]n1. The molecule has 1 N–H and O–H groups in total. The number of ether oxygens (including phenoxy) is 1. The van der Waals surface area contributed by atoms with Crippen LogP contribution in [0.15, 0.2) is 67.0 Å². The Kier molecular flexibility index (Phi) is 3.60. The van der Waals surface area contributed by atoms with Gasteiger partial charge in [0.05, 0.1) is 5.69 Å². The molecule has 3 aromatic rings. The highest BCUT2D eigenvalue weighted by molar-refractivity contribution is 5.95. The summed E-state index contributed by atoms with van der Waals surface area (Å²) < 4.78 is 5.35. The summed E-state index contributed by atoms with van der Waals surface area (Å²) in [6, 6.07) is 17.9. The van der Waals surface area contributed by atoms with Gasteiger partial charge < -0.3 is 4.74 Å². The maximum atomic E-state index is 12.4. The highest BCUT2D eigenvalue weighted by atomic mass is 16.6. The van der Waals surface area contributed by atoms with Gasteiger partial charge in [-0.2, -0.15) is 4.98 Å². The molecule has 1 amide bonds. The molecule has 6 nitrogen and oxygen atoms in total. The van der Waals surface area contributed by atoms with Gasteiger partial charge in [0, 0.05) is 0 Å². The van der Waals surface area contributed by atoms with Gasteiger partial charge >= 0.3 is 6.09 Å². The molecular weight excluding hydrogens is 268 g/mol. The predicted molar refractivity (Wildman–Crippen MR) is 77.4 cm³/mol. The second kappa shape index (κ2) is 5.87. The quantitative estimate of drug-likeness (QED) is 0.800. The molecule has 104 valence electrons.